The Morgan fingerprint density at radius 3 is 2.35 bits per heavy atom. The zero-order chi connectivity index (χ0) is 12.2. The highest BCUT2D eigenvalue weighted by Crippen LogP contribution is 2.37. The highest BCUT2D eigenvalue weighted by Gasteiger charge is 2.33. The SMILES string of the molecule is CCc1cc2c(s1)C(=O)c1sc(C)cc1C2=O. The molecule has 0 saturated heterocycles. The molecule has 1 aliphatic carbocycles. The van der Waals surface area contributed by atoms with Gasteiger partial charge in [-0.2, -0.15) is 0 Å². The summed E-state index contributed by atoms with van der Waals surface area (Å²) in [6.07, 6.45) is 0.866. The van der Waals surface area contributed by atoms with Crippen LogP contribution in [0.3, 0.4) is 0 Å². The Labute approximate surface area is 107 Å². The van der Waals surface area contributed by atoms with Crippen molar-refractivity contribution in [3.05, 3.63) is 42.8 Å². The van der Waals surface area contributed by atoms with E-state index in [1.165, 1.54) is 22.7 Å². The zero-order valence-corrected chi connectivity index (χ0v) is 11.1. The van der Waals surface area contributed by atoms with Crippen molar-refractivity contribution in [2.75, 3.05) is 0 Å². The van der Waals surface area contributed by atoms with Crippen LogP contribution in [-0.4, -0.2) is 11.6 Å². The molecule has 0 aliphatic heterocycles. The van der Waals surface area contributed by atoms with Crippen LogP contribution in [0.2, 0.25) is 0 Å². The second kappa shape index (κ2) is 3.62. The summed E-state index contributed by atoms with van der Waals surface area (Å²) in [4.78, 5) is 27.9. The van der Waals surface area contributed by atoms with Gasteiger partial charge in [0.25, 0.3) is 0 Å². The molecule has 2 aromatic heterocycles. The second-order valence-electron chi connectivity index (χ2n) is 4.07. The minimum Gasteiger partial charge on any atom is -0.288 e. The summed E-state index contributed by atoms with van der Waals surface area (Å²) in [5, 5.41) is 0. The molecule has 86 valence electrons. The third-order valence-electron chi connectivity index (χ3n) is 2.89. The van der Waals surface area contributed by atoms with Gasteiger partial charge in [-0.3, -0.25) is 9.59 Å². The summed E-state index contributed by atoms with van der Waals surface area (Å²) in [5.74, 6) is 0.0345. The highest BCUT2D eigenvalue weighted by molar-refractivity contribution is 7.18. The van der Waals surface area contributed by atoms with Crippen molar-refractivity contribution in [1.29, 1.82) is 0 Å². The van der Waals surface area contributed by atoms with Crippen molar-refractivity contribution < 1.29 is 9.59 Å². The Kier molecular flexibility index (Phi) is 2.31. The molecule has 0 aromatic carbocycles. The van der Waals surface area contributed by atoms with Gasteiger partial charge in [-0.05, 0) is 25.5 Å². The molecule has 2 nitrogen and oxygen atoms in total. The van der Waals surface area contributed by atoms with Crippen LogP contribution in [0.1, 0.15) is 47.1 Å². The molecule has 4 heteroatoms. The predicted molar refractivity (Wildman–Crippen MR) is 69.6 cm³/mol. The number of hydrogen-bond donors (Lipinski definition) is 0. The largest absolute Gasteiger partial charge is 0.288 e. The first-order chi connectivity index (χ1) is 8.11. The summed E-state index contributed by atoms with van der Waals surface area (Å²) in [6, 6.07) is 3.70. The maximum Gasteiger partial charge on any atom is 0.214 e. The molecule has 0 N–H and O–H groups in total. The molecule has 17 heavy (non-hydrogen) atoms. The second-order valence-corrected chi connectivity index (χ2v) is 6.46. The predicted octanol–water partition coefficient (Wildman–Crippen LogP) is 3.46. The molecule has 0 atom stereocenters. The monoisotopic (exact) mass is 262 g/mol. The highest BCUT2D eigenvalue weighted by atomic mass is 32.1. The standard InChI is InChI=1S/C13H10O2S2/c1-3-7-5-9-10(14)8-4-6(2)16-12(8)11(15)13(9)17-7/h4-5H,3H2,1-2H3. The molecule has 0 saturated carbocycles. The minimum atomic E-state index is 0.00917. The van der Waals surface area contributed by atoms with Crippen LogP contribution in [0.5, 0.6) is 0 Å². The lowest BCUT2D eigenvalue weighted by atomic mass is 9.95. The van der Waals surface area contributed by atoms with Crippen molar-refractivity contribution in [3.8, 4) is 0 Å². The average molecular weight is 262 g/mol. The molecule has 2 heterocycles. The molecule has 2 aromatic rings. The number of hydrogen-bond acceptors (Lipinski definition) is 4. The Morgan fingerprint density at radius 1 is 1.00 bits per heavy atom. The minimum absolute atomic E-state index is 0.00917. The first-order valence-corrected chi connectivity index (χ1v) is 7.07. The van der Waals surface area contributed by atoms with Crippen molar-refractivity contribution in [2.24, 2.45) is 0 Å². The molecule has 0 amide bonds. The van der Waals surface area contributed by atoms with Crippen LogP contribution >= 0.6 is 22.7 Å². The molecule has 0 fully saturated rings. The normalized spacial score (nSPS) is 13.8. The van der Waals surface area contributed by atoms with Crippen LogP contribution in [-0.2, 0) is 6.42 Å². The van der Waals surface area contributed by atoms with Gasteiger partial charge in [-0.15, -0.1) is 22.7 Å². The van der Waals surface area contributed by atoms with E-state index in [0.717, 1.165) is 16.2 Å². The Hall–Kier alpha value is -1.26. The lowest BCUT2D eigenvalue weighted by molar-refractivity contribution is 0.0986. The van der Waals surface area contributed by atoms with Gasteiger partial charge in [0.05, 0.1) is 9.75 Å². The van der Waals surface area contributed by atoms with E-state index in [1.807, 2.05) is 26.0 Å². The van der Waals surface area contributed by atoms with Crippen molar-refractivity contribution in [3.63, 3.8) is 0 Å². The van der Waals surface area contributed by atoms with Crippen LogP contribution in [0.15, 0.2) is 12.1 Å². The topological polar surface area (TPSA) is 34.1 Å². The number of ketones is 2. The molecule has 0 spiro atoms. The lowest BCUT2D eigenvalue weighted by Crippen LogP contribution is -2.15. The van der Waals surface area contributed by atoms with Gasteiger partial charge in [0.1, 0.15) is 0 Å². The molecular formula is C13H10O2S2. The third kappa shape index (κ3) is 1.44. The Bertz CT molecular complexity index is 595. The van der Waals surface area contributed by atoms with Crippen molar-refractivity contribution in [2.45, 2.75) is 20.3 Å². The summed E-state index contributed by atoms with van der Waals surface area (Å²) < 4.78 is 0. The van der Waals surface area contributed by atoms with E-state index in [1.54, 1.807) is 0 Å². The van der Waals surface area contributed by atoms with Gasteiger partial charge in [0, 0.05) is 20.9 Å². The number of thiophene rings is 2. The Balaban J connectivity index is 2.25. The lowest BCUT2D eigenvalue weighted by Gasteiger charge is -2.08. The van der Waals surface area contributed by atoms with Gasteiger partial charge in [-0.1, -0.05) is 6.92 Å². The van der Waals surface area contributed by atoms with E-state index in [4.69, 9.17) is 0 Å². The molecule has 3 rings (SSSR count). The number of rotatable bonds is 1. The summed E-state index contributed by atoms with van der Waals surface area (Å²) >= 11 is 2.88. The van der Waals surface area contributed by atoms with Crippen LogP contribution in [0.25, 0.3) is 0 Å². The van der Waals surface area contributed by atoms with Crippen LogP contribution < -0.4 is 0 Å². The fourth-order valence-electron chi connectivity index (χ4n) is 2.05. The quantitative estimate of drug-likeness (QED) is 0.673. The zero-order valence-electron chi connectivity index (χ0n) is 9.49. The summed E-state index contributed by atoms with van der Waals surface area (Å²) in [6.45, 7) is 3.96. The van der Waals surface area contributed by atoms with Gasteiger partial charge >= 0.3 is 0 Å². The first kappa shape index (κ1) is 10.9. The van der Waals surface area contributed by atoms with E-state index in [2.05, 4.69) is 0 Å². The summed E-state index contributed by atoms with van der Waals surface area (Å²) in [7, 11) is 0. The van der Waals surface area contributed by atoms with Crippen LogP contribution in [0.4, 0.5) is 0 Å². The summed E-state index contributed by atoms with van der Waals surface area (Å²) in [5.41, 5.74) is 1.19. The smallest absolute Gasteiger partial charge is 0.214 e. The van der Waals surface area contributed by atoms with Gasteiger partial charge in [0.15, 0.2) is 5.78 Å². The van der Waals surface area contributed by atoms with E-state index in [0.29, 0.717) is 20.9 Å². The van der Waals surface area contributed by atoms with Crippen molar-refractivity contribution in [1.82, 2.24) is 0 Å². The molecule has 0 radical (unpaired) electrons. The Morgan fingerprint density at radius 2 is 1.65 bits per heavy atom. The number of aryl methyl sites for hydroxylation is 2. The molecule has 0 bridgehead atoms. The molecule has 0 unspecified atom stereocenters. The van der Waals surface area contributed by atoms with Gasteiger partial charge < -0.3 is 0 Å². The third-order valence-corrected chi connectivity index (χ3v) is 5.22. The van der Waals surface area contributed by atoms with Gasteiger partial charge in [0.2, 0.25) is 5.78 Å². The fourth-order valence-corrected chi connectivity index (χ4v) is 4.11. The fraction of sp³-hybridized carbons (Fsp3) is 0.231. The maximum absolute atomic E-state index is 12.3. The molecular weight excluding hydrogens is 252 g/mol. The molecule has 1 aliphatic rings. The average Bonchev–Trinajstić information content (AvgIpc) is 2.89. The van der Waals surface area contributed by atoms with E-state index < -0.39 is 0 Å². The first-order valence-electron chi connectivity index (χ1n) is 5.44. The van der Waals surface area contributed by atoms with Crippen molar-refractivity contribution >= 4 is 34.2 Å². The van der Waals surface area contributed by atoms with Gasteiger partial charge in [-0.25, -0.2) is 0 Å². The number of carbonyl (C=O) groups excluding carboxylic acids is 2. The number of fused-ring (bicyclic) bond motifs is 2. The van der Waals surface area contributed by atoms with E-state index in [-0.39, 0.29) is 11.6 Å². The maximum atomic E-state index is 12.3. The number of carbonyl (C=O) groups is 2. The van der Waals surface area contributed by atoms with E-state index >= 15 is 0 Å². The van der Waals surface area contributed by atoms with Crippen LogP contribution in [0, 0.1) is 6.92 Å². The van der Waals surface area contributed by atoms with E-state index in [9.17, 15) is 9.59 Å².